The Kier molecular flexibility index (Phi) is 4.57. The molecule has 1 spiro atoms. The van der Waals surface area contributed by atoms with Crippen molar-refractivity contribution in [3.05, 3.63) is 59.4 Å². The first-order valence-electron chi connectivity index (χ1n) is 11.7. The van der Waals surface area contributed by atoms with Gasteiger partial charge in [-0.1, -0.05) is 24.3 Å². The molecule has 162 valence electrons. The number of carbonyl (C=O) groups excluding carboxylic acids is 1. The first kappa shape index (κ1) is 19.3. The Balaban J connectivity index is 1.26. The molecule has 2 aromatic rings. The molecule has 1 saturated carbocycles. The van der Waals surface area contributed by atoms with E-state index in [1.807, 2.05) is 6.07 Å². The van der Waals surface area contributed by atoms with Crippen LogP contribution in [0.5, 0.6) is 0 Å². The first-order chi connectivity index (χ1) is 15.1. The Hall–Kier alpha value is -2.40. The molecular formula is C26H29FN2O2. The maximum absolute atomic E-state index is 13.8. The van der Waals surface area contributed by atoms with E-state index < -0.39 is 0 Å². The van der Waals surface area contributed by atoms with Gasteiger partial charge in [0.15, 0.2) is 0 Å². The predicted molar refractivity (Wildman–Crippen MR) is 117 cm³/mol. The number of benzene rings is 2. The summed E-state index contributed by atoms with van der Waals surface area (Å²) in [6.07, 6.45) is 6.41. The third-order valence-corrected chi connectivity index (χ3v) is 8.13. The summed E-state index contributed by atoms with van der Waals surface area (Å²) in [6.45, 7) is 3.14. The largest absolute Gasteiger partial charge is 0.445 e. The summed E-state index contributed by atoms with van der Waals surface area (Å²) >= 11 is 0. The van der Waals surface area contributed by atoms with E-state index in [9.17, 15) is 9.18 Å². The Bertz CT molecular complexity index is 1010. The van der Waals surface area contributed by atoms with Gasteiger partial charge in [0, 0.05) is 6.54 Å². The summed E-state index contributed by atoms with van der Waals surface area (Å²) in [5.41, 5.74) is 4.48. The third-order valence-electron chi connectivity index (χ3n) is 8.13. The van der Waals surface area contributed by atoms with Gasteiger partial charge in [0.25, 0.3) is 0 Å². The molecule has 5 heteroatoms. The summed E-state index contributed by atoms with van der Waals surface area (Å²) in [5.74, 6) is 0.272. The summed E-state index contributed by atoms with van der Waals surface area (Å²) in [5, 5.41) is 3.27. The van der Waals surface area contributed by atoms with Gasteiger partial charge in [-0.2, -0.15) is 0 Å². The molecule has 4 fully saturated rings. The molecule has 0 radical (unpaired) electrons. The van der Waals surface area contributed by atoms with Gasteiger partial charge in [-0.15, -0.1) is 0 Å². The normalized spacial score (nSPS) is 30.0. The second-order valence-electron chi connectivity index (χ2n) is 9.95. The zero-order valence-corrected chi connectivity index (χ0v) is 17.8. The fraction of sp³-hybridized carbons (Fsp3) is 0.500. The third kappa shape index (κ3) is 3.53. The minimum absolute atomic E-state index is 0.0133. The maximum atomic E-state index is 13.8. The maximum Gasteiger partial charge on any atom is 0.407 e. The minimum atomic E-state index is -0.279. The van der Waals surface area contributed by atoms with Crippen LogP contribution < -0.4 is 5.32 Å². The van der Waals surface area contributed by atoms with E-state index in [0.717, 1.165) is 69.3 Å². The van der Waals surface area contributed by atoms with Crippen LogP contribution >= 0.6 is 0 Å². The van der Waals surface area contributed by atoms with E-state index in [4.69, 9.17) is 4.74 Å². The van der Waals surface area contributed by atoms with E-state index in [-0.39, 0.29) is 29.5 Å². The number of ether oxygens (including phenoxy) is 1. The second-order valence-corrected chi connectivity index (χ2v) is 9.95. The number of alkyl carbamates (subject to hydrolysis) is 1. The van der Waals surface area contributed by atoms with E-state index in [1.165, 1.54) is 17.2 Å². The number of piperidine rings is 3. The number of hydrogen-bond donors (Lipinski definition) is 1. The second kappa shape index (κ2) is 7.33. The van der Waals surface area contributed by atoms with Crippen LogP contribution in [-0.4, -0.2) is 36.7 Å². The molecule has 3 aliphatic heterocycles. The number of aryl methyl sites for hydroxylation is 1. The lowest BCUT2D eigenvalue weighted by atomic mass is 9.76. The molecule has 2 aliphatic carbocycles. The van der Waals surface area contributed by atoms with E-state index in [0.29, 0.717) is 5.92 Å². The first-order valence-corrected chi connectivity index (χ1v) is 11.7. The number of carbonyl (C=O) groups is 1. The van der Waals surface area contributed by atoms with Crippen molar-refractivity contribution in [2.24, 2.45) is 11.3 Å². The molecule has 1 amide bonds. The highest BCUT2D eigenvalue weighted by Crippen LogP contribution is 2.61. The van der Waals surface area contributed by atoms with Crippen molar-refractivity contribution in [1.82, 2.24) is 10.2 Å². The van der Waals surface area contributed by atoms with Crippen LogP contribution in [0.2, 0.25) is 0 Å². The number of nitrogens with zero attached hydrogens (tertiary/aromatic N) is 1. The standard InChI is InChI=1S/C26H29FN2O2/c27-21-3-1-2-19(14-21)20-5-4-17-6-9-26(10-11-26)24(22(17)15-20)28-25(30)31-23-16-29-12-7-18(23)8-13-29/h1-5,14-15,18,23-24H,6-13,16H2,(H,28,30)/t23-,24?/m1/s1. The van der Waals surface area contributed by atoms with E-state index in [1.54, 1.807) is 12.1 Å². The van der Waals surface area contributed by atoms with Gasteiger partial charge < -0.3 is 10.1 Å². The fourth-order valence-electron chi connectivity index (χ4n) is 6.06. The van der Waals surface area contributed by atoms with Crippen molar-refractivity contribution in [1.29, 1.82) is 0 Å². The van der Waals surface area contributed by atoms with Gasteiger partial charge >= 0.3 is 6.09 Å². The summed E-state index contributed by atoms with van der Waals surface area (Å²) in [6, 6.07) is 13.1. The lowest BCUT2D eigenvalue weighted by Crippen LogP contribution is -2.53. The predicted octanol–water partition coefficient (Wildman–Crippen LogP) is 5.08. The molecule has 2 aromatic carbocycles. The molecular weight excluding hydrogens is 391 g/mol. The van der Waals surface area contributed by atoms with E-state index in [2.05, 4.69) is 28.4 Å². The summed E-state index contributed by atoms with van der Waals surface area (Å²) in [4.78, 5) is 15.4. The van der Waals surface area contributed by atoms with Crippen molar-refractivity contribution >= 4 is 6.09 Å². The Morgan fingerprint density at radius 1 is 1.06 bits per heavy atom. The van der Waals surface area contributed by atoms with Gasteiger partial charge in [-0.25, -0.2) is 9.18 Å². The van der Waals surface area contributed by atoms with Crippen LogP contribution in [0.4, 0.5) is 9.18 Å². The average molecular weight is 421 g/mol. The van der Waals surface area contributed by atoms with Gasteiger partial charge in [-0.05, 0) is 103 Å². The Morgan fingerprint density at radius 2 is 1.87 bits per heavy atom. The number of hydrogen-bond acceptors (Lipinski definition) is 3. The monoisotopic (exact) mass is 420 g/mol. The molecule has 1 N–H and O–H groups in total. The van der Waals surface area contributed by atoms with Crippen LogP contribution in [0, 0.1) is 17.2 Å². The van der Waals surface area contributed by atoms with Crippen molar-refractivity contribution < 1.29 is 13.9 Å². The van der Waals surface area contributed by atoms with Crippen molar-refractivity contribution in [3.63, 3.8) is 0 Å². The smallest absolute Gasteiger partial charge is 0.407 e. The van der Waals surface area contributed by atoms with Crippen LogP contribution in [0.15, 0.2) is 42.5 Å². The highest BCUT2D eigenvalue weighted by molar-refractivity contribution is 5.70. The lowest BCUT2D eigenvalue weighted by molar-refractivity contribution is -0.0347. The number of rotatable bonds is 3. The van der Waals surface area contributed by atoms with Crippen molar-refractivity contribution in [2.45, 2.75) is 50.7 Å². The highest BCUT2D eigenvalue weighted by atomic mass is 19.1. The van der Waals surface area contributed by atoms with Gasteiger partial charge in [0.2, 0.25) is 0 Å². The molecule has 3 heterocycles. The molecule has 0 aromatic heterocycles. The van der Waals surface area contributed by atoms with Gasteiger partial charge in [0.05, 0.1) is 6.04 Å². The summed E-state index contributed by atoms with van der Waals surface area (Å²) in [7, 11) is 0. The molecule has 1 unspecified atom stereocenters. The Morgan fingerprint density at radius 3 is 2.58 bits per heavy atom. The van der Waals surface area contributed by atoms with Crippen LogP contribution in [0.25, 0.3) is 11.1 Å². The SMILES string of the molecule is O=C(NC1c2cc(-c3cccc(F)c3)ccc2CCC12CC2)O[C@@H]1CN2CCC1CC2. The molecule has 2 bridgehead atoms. The number of amides is 1. The number of fused-ring (bicyclic) bond motifs is 4. The zero-order chi connectivity index (χ0) is 21.0. The van der Waals surface area contributed by atoms with Crippen molar-refractivity contribution in [2.75, 3.05) is 19.6 Å². The minimum Gasteiger partial charge on any atom is -0.445 e. The quantitative estimate of drug-likeness (QED) is 0.753. The van der Waals surface area contributed by atoms with E-state index >= 15 is 0 Å². The average Bonchev–Trinajstić information content (AvgIpc) is 3.57. The van der Waals surface area contributed by atoms with Crippen LogP contribution in [0.3, 0.4) is 0 Å². The molecule has 2 atom stereocenters. The topological polar surface area (TPSA) is 41.6 Å². The molecule has 4 nitrogen and oxygen atoms in total. The number of nitrogens with one attached hydrogen (secondary N) is 1. The summed E-state index contributed by atoms with van der Waals surface area (Å²) < 4.78 is 19.7. The number of halogens is 1. The lowest BCUT2D eigenvalue weighted by Gasteiger charge is -2.44. The van der Waals surface area contributed by atoms with Crippen molar-refractivity contribution in [3.8, 4) is 11.1 Å². The highest BCUT2D eigenvalue weighted by Gasteiger charge is 2.53. The van der Waals surface area contributed by atoms with Crippen LogP contribution in [-0.2, 0) is 11.2 Å². The Labute approximate surface area is 182 Å². The molecule has 3 saturated heterocycles. The molecule has 7 rings (SSSR count). The fourth-order valence-corrected chi connectivity index (χ4v) is 6.06. The van der Waals surface area contributed by atoms with Gasteiger partial charge in [-0.3, -0.25) is 4.90 Å². The molecule has 5 aliphatic rings. The van der Waals surface area contributed by atoms with Crippen LogP contribution in [0.1, 0.15) is 49.3 Å². The molecule has 31 heavy (non-hydrogen) atoms. The van der Waals surface area contributed by atoms with Gasteiger partial charge in [0.1, 0.15) is 11.9 Å². The zero-order valence-electron chi connectivity index (χ0n) is 17.8.